The molecule has 5 N–H and O–H groups in total. The van der Waals surface area contributed by atoms with Gasteiger partial charge in [0.1, 0.15) is 41.8 Å². The Balaban J connectivity index is 1.29. The molecule has 7 rings (SSSR count). The molecule has 1 aromatic heterocycles. The van der Waals surface area contributed by atoms with Crippen molar-refractivity contribution in [2.45, 2.75) is 69.2 Å². The fourth-order valence-corrected chi connectivity index (χ4v) is 6.90. The summed E-state index contributed by atoms with van der Waals surface area (Å²) in [5.41, 5.74) is 1.55. The van der Waals surface area contributed by atoms with E-state index < -0.39 is 54.0 Å². The Bertz CT molecular complexity index is 1850. The van der Waals surface area contributed by atoms with Gasteiger partial charge in [-0.15, -0.1) is 0 Å². The van der Waals surface area contributed by atoms with Crippen LogP contribution in [0.15, 0.2) is 60.7 Å². The second kappa shape index (κ2) is 17.0. The molecule has 5 amide bonds. The number of likely N-dealkylation sites (tertiary alicyclic amines) is 1. The fourth-order valence-electron chi connectivity index (χ4n) is 6.90. The maximum absolute atomic E-state index is 14.5. The van der Waals surface area contributed by atoms with Gasteiger partial charge in [0.15, 0.2) is 5.60 Å². The molecule has 2 bridgehead atoms. The highest BCUT2D eigenvalue weighted by molar-refractivity contribution is 5.98. The van der Waals surface area contributed by atoms with Gasteiger partial charge in [-0.25, -0.2) is 4.98 Å². The van der Waals surface area contributed by atoms with Crippen LogP contribution >= 0.6 is 0 Å². The van der Waals surface area contributed by atoms with Gasteiger partial charge in [0.25, 0.3) is 11.8 Å². The summed E-state index contributed by atoms with van der Waals surface area (Å²) in [6.45, 7) is 1.30. The van der Waals surface area contributed by atoms with Crippen molar-refractivity contribution < 1.29 is 43.3 Å². The van der Waals surface area contributed by atoms with Crippen molar-refractivity contribution in [2.24, 2.45) is 0 Å². The SMILES string of the molecule is COc1nc2c(cc1C(=O)N1CCC3(CC1)Oc1ccc(cc1)OCCNC(=O)[C@H](C)NC(=O)[C@H](CO)NC(=O)[C@@H](Cc1ccccc1)NC3=O)CCC2. The molecule has 4 heterocycles. The number of benzene rings is 2. The van der Waals surface area contributed by atoms with Gasteiger partial charge in [-0.05, 0) is 67.6 Å². The molecule has 3 atom stereocenters. The third-order valence-corrected chi connectivity index (χ3v) is 9.99. The van der Waals surface area contributed by atoms with Crippen LogP contribution in [0.25, 0.3) is 0 Å². The molecule has 15 heteroatoms. The lowest BCUT2D eigenvalue weighted by Crippen LogP contribution is -2.62. The summed E-state index contributed by atoms with van der Waals surface area (Å²) in [6, 6.07) is 14.0. The van der Waals surface area contributed by atoms with E-state index >= 15 is 0 Å². The highest BCUT2D eigenvalue weighted by atomic mass is 16.5. The first-order valence-electron chi connectivity index (χ1n) is 18.2. The van der Waals surface area contributed by atoms with Crippen LogP contribution in [0.2, 0.25) is 0 Å². The summed E-state index contributed by atoms with van der Waals surface area (Å²) in [7, 11) is 1.49. The third kappa shape index (κ3) is 8.73. The van der Waals surface area contributed by atoms with Gasteiger partial charge in [0, 0.05) is 38.0 Å². The van der Waals surface area contributed by atoms with Crippen LogP contribution in [0.3, 0.4) is 0 Å². The Morgan fingerprint density at radius 3 is 2.33 bits per heavy atom. The van der Waals surface area contributed by atoms with E-state index in [1.807, 2.05) is 12.1 Å². The summed E-state index contributed by atoms with van der Waals surface area (Å²) in [5, 5.41) is 20.7. The monoisotopic (exact) mass is 742 g/mol. The molecule has 0 saturated carbocycles. The van der Waals surface area contributed by atoms with Crippen molar-refractivity contribution in [3.8, 4) is 17.4 Å². The van der Waals surface area contributed by atoms with Crippen LogP contribution < -0.4 is 35.5 Å². The van der Waals surface area contributed by atoms with E-state index in [4.69, 9.17) is 14.2 Å². The number of aryl methyl sites for hydroxylation is 2. The minimum absolute atomic E-state index is 0.0504. The number of pyridine rings is 1. The lowest BCUT2D eigenvalue weighted by Gasteiger charge is -2.41. The lowest BCUT2D eigenvalue weighted by atomic mass is 9.88. The minimum atomic E-state index is -1.51. The average molecular weight is 743 g/mol. The summed E-state index contributed by atoms with van der Waals surface area (Å²) < 4.78 is 17.8. The van der Waals surface area contributed by atoms with E-state index in [9.17, 15) is 29.1 Å². The number of nitrogens with one attached hydrogen (secondary N) is 4. The summed E-state index contributed by atoms with van der Waals surface area (Å²) >= 11 is 0. The molecule has 1 fully saturated rings. The van der Waals surface area contributed by atoms with Crippen LogP contribution in [0, 0.1) is 0 Å². The van der Waals surface area contributed by atoms with E-state index in [1.54, 1.807) is 53.4 Å². The quantitative estimate of drug-likeness (QED) is 0.234. The number of hydrogen-bond acceptors (Lipinski definition) is 10. The van der Waals surface area contributed by atoms with E-state index in [-0.39, 0.29) is 57.3 Å². The van der Waals surface area contributed by atoms with Crippen molar-refractivity contribution in [1.29, 1.82) is 0 Å². The van der Waals surface area contributed by atoms with Crippen LogP contribution in [-0.4, -0.2) is 108 Å². The van der Waals surface area contributed by atoms with Gasteiger partial charge >= 0.3 is 0 Å². The van der Waals surface area contributed by atoms with E-state index in [2.05, 4.69) is 26.3 Å². The number of nitrogens with zero attached hydrogens (tertiary/aromatic N) is 2. The van der Waals surface area contributed by atoms with E-state index in [0.29, 0.717) is 17.1 Å². The summed E-state index contributed by atoms with van der Waals surface area (Å²) in [5.74, 6) is -1.73. The number of carbonyl (C=O) groups is 5. The number of amides is 5. The molecular formula is C39H46N6O9. The average Bonchev–Trinajstić information content (AvgIpc) is 3.65. The third-order valence-electron chi connectivity index (χ3n) is 9.99. The zero-order valence-electron chi connectivity index (χ0n) is 30.4. The number of piperidine rings is 1. The number of fused-ring (bicyclic) bond motifs is 16. The number of aliphatic hydroxyl groups is 1. The molecule has 1 aliphatic carbocycles. The maximum atomic E-state index is 14.5. The zero-order chi connectivity index (χ0) is 38.2. The Morgan fingerprint density at radius 1 is 0.926 bits per heavy atom. The van der Waals surface area contributed by atoms with Gasteiger partial charge < -0.3 is 45.5 Å². The van der Waals surface area contributed by atoms with E-state index in [1.165, 1.54) is 14.0 Å². The number of ether oxygens (including phenoxy) is 3. The molecule has 15 nitrogen and oxygen atoms in total. The molecule has 1 spiro atoms. The molecule has 2 aromatic carbocycles. The molecule has 54 heavy (non-hydrogen) atoms. The standard InChI is InChI=1S/C39H46N6O9/c1-24-33(47)40-17-20-53-27-11-13-28(14-12-27)54-39(15-18-45(19-16-39)37(50)29-22-26-9-6-10-30(26)43-36(29)52-2)38(51)44-31(21-25-7-4-3-5-8-25)34(48)42-32(23-46)35(49)41-24/h3-5,7-8,11-14,22,24,31-32,46H,6,9-10,15-21,23H2,1-2H3,(H,40,47)(H,41,49)(H,42,48)(H,44,51)/t24-,31+,32-/m0/s1. The van der Waals surface area contributed by atoms with Gasteiger partial charge in [0.2, 0.25) is 23.6 Å². The topological polar surface area (TPSA) is 198 Å². The Morgan fingerprint density at radius 2 is 1.63 bits per heavy atom. The molecule has 3 aliphatic heterocycles. The lowest BCUT2D eigenvalue weighted by molar-refractivity contribution is -0.144. The highest BCUT2D eigenvalue weighted by Gasteiger charge is 2.46. The van der Waals surface area contributed by atoms with Gasteiger partial charge in [-0.1, -0.05) is 30.3 Å². The van der Waals surface area contributed by atoms with Crippen LogP contribution in [-0.2, 0) is 38.4 Å². The van der Waals surface area contributed by atoms with Gasteiger partial charge in [-0.2, -0.15) is 0 Å². The summed E-state index contributed by atoms with van der Waals surface area (Å²) in [6.07, 6.45) is 2.86. The molecule has 3 aromatic rings. The zero-order valence-corrected chi connectivity index (χ0v) is 30.4. The van der Waals surface area contributed by atoms with Gasteiger partial charge in [-0.3, -0.25) is 24.0 Å². The fraction of sp³-hybridized carbons (Fsp3) is 0.436. The van der Waals surface area contributed by atoms with Crippen LogP contribution in [0.4, 0.5) is 0 Å². The second-order valence-corrected chi connectivity index (χ2v) is 13.7. The van der Waals surface area contributed by atoms with Crippen molar-refractivity contribution >= 4 is 29.5 Å². The smallest absolute Gasteiger partial charge is 0.265 e. The predicted octanol–water partition coefficient (Wildman–Crippen LogP) is 0.851. The Hall–Kier alpha value is -5.70. The van der Waals surface area contributed by atoms with Crippen molar-refractivity contribution in [3.05, 3.63) is 83.0 Å². The molecule has 286 valence electrons. The first kappa shape index (κ1) is 38.0. The predicted molar refractivity (Wildman–Crippen MR) is 195 cm³/mol. The van der Waals surface area contributed by atoms with Gasteiger partial charge in [0.05, 0.1) is 20.3 Å². The largest absolute Gasteiger partial charge is 0.492 e. The Labute approximate surface area is 313 Å². The Kier molecular flexibility index (Phi) is 12.0. The van der Waals surface area contributed by atoms with Crippen LogP contribution in [0.1, 0.15) is 53.4 Å². The molecule has 1 saturated heterocycles. The number of methoxy groups -OCH3 is 1. The molecule has 4 aliphatic rings. The minimum Gasteiger partial charge on any atom is -0.492 e. The second-order valence-electron chi connectivity index (χ2n) is 13.7. The number of aromatic nitrogens is 1. The number of rotatable bonds is 5. The molecule has 0 radical (unpaired) electrons. The first-order valence-corrected chi connectivity index (χ1v) is 18.2. The van der Waals surface area contributed by atoms with Crippen molar-refractivity contribution in [1.82, 2.24) is 31.2 Å². The number of hydrogen-bond donors (Lipinski definition) is 5. The number of aliphatic hydroxyl groups excluding tert-OH is 1. The summed E-state index contributed by atoms with van der Waals surface area (Å²) in [4.78, 5) is 74.3. The molecular weight excluding hydrogens is 696 g/mol. The first-order chi connectivity index (χ1) is 26.1. The highest BCUT2D eigenvalue weighted by Crippen LogP contribution is 2.33. The van der Waals surface area contributed by atoms with Crippen molar-refractivity contribution in [2.75, 3.05) is 40.0 Å². The van der Waals surface area contributed by atoms with E-state index in [0.717, 1.165) is 36.1 Å². The normalized spacial score (nSPS) is 22.1. The molecule has 0 unspecified atom stereocenters. The van der Waals surface area contributed by atoms with Crippen LogP contribution in [0.5, 0.6) is 17.4 Å². The van der Waals surface area contributed by atoms with Crippen molar-refractivity contribution in [3.63, 3.8) is 0 Å². The maximum Gasteiger partial charge on any atom is 0.265 e. The number of carbonyl (C=O) groups excluding carboxylic acids is 5.